The summed E-state index contributed by atoms with van der Waals surface area (Å²) in [5, 5.41) is 12.3. The van der Waals surface area contributed by atoms with Crippen LogP contribution in [0.4, 0.5) is 5.69 Å². The molecule has 2 N–H and O–H groups in total. The molecule has 0 spiro atoms. The Morgan fingerprint density at radius 1 is 0.750 bits per heavy atom. The van der Waals surface area contributed by atoms with E-state index < -0.39 is 5.97 Å². The molecule has 0 bridgehead atoms. The van der Waals surface area contributed by atoms with E-state index >= 15 is 0 Å². The Morgan fingerprint density at radius 2 is 1.18 bits per heavy atom. The third-order valence-corrected chi connectivity index (χ3v) is 5.42. The normalized spacial score (nSPS) is 11.1. The van der Waals surface area contributed by atoms with Crippen LogP contribution in [0.2, 0.25) is 0 Å². The van der Waals surface area contributed by atoms with Gasteiger partial charge in [0, 0.05) is 12.2 Å². The first-order valence-electron chi connectivity index (χ1n) is 11.7. The van der Waals surface area contributed by atoms with Gasteiger partial charge in [-0.25, -0.2) is 4.79 Å². The second kappa shape index (κ2) is 16.4. The molecule has 0 fully saturated rings. The Morgan fingerprint density at radius 3 is 1.61 bits per heavy atom. The number of rotatable bonds is 18. The van der Waals surface area contributed by atoms with Crippen LogP contribution >= 0.6 is 0 Å². The van der Waals surface area contributed by atoms with Gasteiger partial charge in [-0.2, -0.15) is 0 Å². The van der Waals surface area contributed by atoms with Crippen molar-refractivity contribution in [1.29, 1.82) is 0 Å². The van der Waals surface area contributed by atoms with Crippen LogP contribution in [0.1, 0.15) is 114 Å². The summed E-state index contributed by atoms with van der Waals surface area (Å²) in [6, 6.07) is 6.99. The van der Waals surface area contributed by atoms with Crippen molar-refractivity contribution in [1.82, 2.24) is 0 Å². The summed E-state index contributed by atoms with van der Waals surface area (Å²) in [5.41, 5.74) is 1.34. The van der Waals surface area contributed by atoms with Gasteiger partial charge in [-0.1, -0.05) is 97.3 Å². The first kappa shape index (κ1) is 24.5. The van der Waals surface area contributed by atoms with Crippen LogP contribution in [0, 0.1) is 5.92 Å². The Labute approximate surface area is 173 Å². The van der Waals surface area contributed by atoms with Crippen molar-refractivity contribution in [2.24, 2.45) is 5.92 Å². The zero-order valence-corrected chi connectivity index (χ0v) is 18.3. The summed E-state index contributed by atoms with van der Waals surface area (Å²) in [6.45, 7) is 5.60. The van der Waals surface area contributed by atoms with Crippen molar-refractivity contribution < 1.29 is 9.90 Å². The minimum absolute atomic E-state index is 0.340. The lowest BCUT2D eigenvalue weighted by atomic mass is 10.0. The molecule has 0 saturated carbocycles. The summed E-state index contributed by atoms with van der Waals surface area (Å²) >= 11 is 0. The molecule has 1 aromatic rings. The zero-order valence-electron chi connectivity index (χ0n) is 18.3. The van der Waals surface area contributed by atoms with Crippen LogP contribution in [0.3, 0.4) is 0 Å². The van der Waals surface area contributed by atoms with Gasteiger partial charge in [0.25, 0.3) is 0 Å². The SMILES string of the molecule is CC(C)CCCCCCCCCCCCCCCNc1ccc(C(=O)O)cc1. The first-order valence-corrected chi connectivity index (χ1v) is 11.7. The van der Waals surface area contributed by atoms with E-state index in [1.165, 1.54) is 89.9 Å². The maximum Gasteiger partial charge on any atom is 0.335 e. The predicted molar refractivity (Wildman–Crippen MR) is 121 cm³/mol. The minimum Gasteiger partial charge on any atom is -0.478 e. The van der Waals surface area contributed by atoms with Crippen molar-refractivity contribution in [3.8, 4) is 0 Å². The fourth-order valence-electron chi connectivity index (χ4n) is 3.59. The molecule has 3 heteroatoms. The molecule has 0 amide bonds. The maximum atomic E-state index is 10.8. The second-order valence-corrected chi connectivity index (χ2v) is 8.59. The molecule has 0 atom stereocenters. The highest BCUT2D eigenvalue weighted by Gasteiger charge is 2.01. The maximum absolute atomic E-state index is 10.8. The van der Waals surface area contributed by atoms with Gasteiger partial charge in [0.1, 0.15) is 0 Å². The number of hydrogen-bond donors (Lipinski definition) is 2. The quantitative estimate of drug-likeness (QED) is 0.251. The molecule has 0 saturated heterocycles. The lowest BCUT2D eigenvalue weighted by molar-refractivity contribution is 0.0697. The van der Waals surface area contributed by atoms with Crippen LogP contribution in [-0.2, 0) is 0 Å². The smallest absolute Gasteiger partial charge is 0.335 e. The summed E-state index contributed by atoms with van der Waals surface area (Å²) in [7, 11) is 0. The predicted octanol–water partition coefficient (Wildman–Crippen LogP) is 7.91. The molecule has 1 rings (SSSR count). The lowest BCUT2D eigenvalue weighted by Gasteiger charge is -2.07. The molecule has 0 radical (unpaired) electrons. The number of benzene rings is 1. The fourth-order valence-corrected chi connectivity index (χ4v) is 3.59. The molecule has 3 nitrogen and oxygen atoms in total. The van der Waals surface area contributed by atoms with Crippen LogP contribution in [-0.4, -0.2) is 17.6 Å². The highest BCUT2D eigenvalue weighted by atomic mass is 16.4. The molecule has 1 aromatic carbocycles. The van der Waals surface area contributed by atoms with Gasteiger partial charge < -0.3 is 10.4 Å². The van der Waals surface area contributed by atoms with E-state index in [-0.39, 0.29) is 0 Å². The third kappa shape index (κ3) is 13.6. The molecular formula is C25H43NO2. The van der Waals surface area contributed by atoms with Crippen molar-refractivity contribution in [2.45, 2.75) is 104 Å². The molecule has 0 unspecified atom stereocenters. The average Bonchev–Trinajstić information content (AvgIpc) is 2.67. The largest absolute Gasteiger partial charge is 0.478 e. The van der Waals surface area contributed by atoms with E-state index in [0.29, 0.717) is 5.56 Å². The highest BCUT2D eigenvalue weighted by molar-refractivity contribution is 5.87. The molecular weight excluding hydrogens is 346 g/mol. The average molecular weight is 390 g/mol. The van der Waals surface area contributed by atoms with Gasteiger partial charge >= 0.3 is 5.97 Å². The molecule has 0 aromatic heterocycles. The van der Waals surface area contributed by atoms with E-state index in [1.807, 2.05) is 12.1 Å². The number of hydrogen-bond acceptors (Lipinski definition) is 2. The molecule has 160 valence electrons. The number of carbonyl (C=O) groups is 1. The van der Waals surface area contributed by atoms with Gasteiger partial charge in [0.05, 0.1) is 5.56 Å². The van der Waals surface area contributed by atoms with Crippen LogP contribution in [0.5, 0.6) is 0 Å². The van der Waals surface area contributed by atoms with Crippen molar-refractivity contribution in [3.63, 3.8) is 0 Å². The topological polar surface area (TPSA) is 49.3 Å². The van der Waals surface area contributed by atoms with Gasteiger partial charge in [-0.3, -0.25) is 0 Å². The van der Waals surface area contributed by atoms with Gasteiger partial charge in [-0.15, -0.1) is 0 Å². The van der Waals surface area contributed by atoms with E-state index in [9.17, 15) is 4.79 Å². The Hall–Kier alpha value is -1.51. The highest BCUT2D eigenvalue weighted by Crippen LogP contribution is 2.15. The number of anilines is 1. The van der Waals surface area contributed by atoms with E-state index in [4.69, 9.17) is 5.11 Å². The van der Waals surface area contributed by atoms with Crippen LogP contribution in [0.25, 0.3) is 0 Å². The Balaban J connectivity index is 1.80. The fraction of sp³-hybridized carbons (Fsp3) is 0.720. The summed E-state index contributed by atoms with van der Waals surface area (Å²) in [5.74, 6) is -0.00208. The molecule has 0 heterocycles. The summed E-state index contributed by atoms with van der Waals surface area (Å²) in [6.07, 6.45) is 19.3. The zero-order chi connectivity index (χ0) is 20.5. The van der Waals surface area contributed by atoms with E-state index in [1.54, 1.807) is 12.1 Å². The van der Waals surface area contributed by atoms with Gasteiger partial charge in [-0.05, 0) is 36.6 Å². The number of aromatic carboxylic acids is 1. The van der Waals surface area contributed by atoms with Crippen molar-refractivity contribution in [3.05, 3.63) is 29.8 Å². The summed E-state index contributed by atoms with van der Waals surface area (Å²) < 4.78 is 0. The van der Waals surface area contributed by atoms with E-state index in [2.05, 4.69) is 19.2 Å². The van der Waals surface area contributed by atoms with Gasteiger partial charge in [0.15, 0.2) is 0 Å². The van der Waals surface area contributed by atoms with E-state index in [0.717, 1.165) is 18.2 Å². The van der Waals surface area contributed by atoms with Gasteiger partial charge in [0.2, 0.25) is 0 Å². The first-order chi connectivity index (χ1) is 13.6. The van der Waals surface area contributed by atoms with Crippen LogP contribution < -0.4 is 5.32 Å². The van der Waals surface area contributed by atoms with Crippen molar-refractivity contribution >= 4 is 11.7 Å². The lowest BCUT2D eigenvalue weighted by Crippen LogP contribution is -2.02. The number of unbranched alkanes of at least 4 members (excludes halogenated alkanes) is 12. The number of carboxylic acid groups (broad SMARTS) is 1. The Bertz CT molecular complexity index is 496. The second-order valence-electron chi connectivity index (χ2n) is 8.59. The molecule has 0 aliphatic rings. The number of carboxylic acids is 1. The Kier molecular flexibility index (Phi) is 14.4. The summed E-state index contributed by atoms with van der Waals surface area (Å²) in [4.78, 5) is 10.8. The molecule has 28 heavy (non-hydrogen) atoms. The minimum atomic E-state index is -0.872. The molecule has 0 aliphatic carbocycles. The molecule has 0 aliphatic heterocycles. The van der Waals surface area contributed by atoms with Crippen LogP contribution in [0.15, 0.2) is 24.3 Å². The third-order valence-electron chi connectivity index (χ3n) is 5.42. The number of nitrogens with one attached hydrogen (secondary N) is 1. The monoisotopic (exact) mass is 389 g/mol. The van der Waals surface area contributed by atoms with Crippen molar-refractivity contribution in [2.75, 3.05) is 11.9 Å². The standard InChI is InChI=1S/C25H43NO2/c1-22(2)16-14-12-10-8-6-4-3-5-7-9-11-13-15-21-26-24-19-17-23(18-20-24)25(27)28/h17-20,22,26H,3-16,21H2,1-2H3,(H,27,28).